The molecule has 0 aromatic heterocycles. The molecule has 0 fully saturated rings. The van der Waals surface area contributed by atoms with Gasteiger partial charge in [0.2, 0.25) is 5.78 Å². The molecule has 0 saturated carbocycles. The van der Waals surface area contributed by atoms with Crippen molar-refractivity contribution in [1.29, 1.82) is 0 Å². The Kier molecular flexibility index (Phi) is 4.20. The van der Waals surface area contributed by atoms with Crippen molar-refractivity contribution in [2.45, 2.75) is 11.8 Å². The Balaban J connectivity index is 1.92. The Bertz CT molecular complexity index is 750. The number of hydrogen-bond acceptors (Lipinski definition) is 4. The summed E-state index contributed by atoms with van der Waals surface area (Å²) in [5.41, 5.74) is 1.70. The molecule has 1 aliphatic rings. The molecule has 1 aliphatic heterocycles. The highest BCUT2D eigenvalue weighted by atomic mass is 32.2. The zero-order valence-corrected chi connectivity index (χ0v) is 13.3. The lowest BCUT2D eigenvalue weighted by molar-refractivity contribution is 0.104. The van der Waals surface area contributed by atoms with Gasteiger partial charge in [-0.25, -0.2) is 0 Å². The summed E-state index contributed by atoms with van der Waals surface area (Å²) in [4.78, 5) is 14.1. The average Bonchev–Trinajstić information content (AvgIpc) is 2.85. The molecule has 0 aliphatic carbocycles. The van der Waals surface area contributed by atoms with E-state index < -0.39 is 0 Å². The lowest BCUT2D eigenvalue weighted by Gasteiger charge is -2.09. The number of methoxy groups -OCH3 is 1. The second-order valence-electron chi connectivity index (χ2n) is 4.78. The molecule has 1 heterocycles. The van der Waals surface area contributed by atoms with Crippen molar-refractivity contribution in [2.24, 2.45) is 0 Å². The standard InChI is InChI=1S/C18H16O3S/c1-3-21-14-9-8-12(10-15(14)20-2)11-17-18(19)13-6-4-5-7-16(13)22-17/h4-11H,3H2,1-2H3. The van der Waals surface area contributed by atoms with E-state index in [4.69, 9.17) is 9.47 Å². The van der Waals surface area contributed by atoms with E-state index >= 15 is 0 Å². The fraction of sp³-hybridized carbons (Fsp3) is 0.167. The van der Waals surface area contributed by atoms with Crippen LogP contribution in [0.25, 0.3) is 6.08 Å². The van der Waals surface area contributed by atoms with Gasteiger partial charge in [-0.2, -0.15) is 0 Å². The molecule has 3 rings (SSSR count). The summed E-state index contributed by atoms with van der Waals surface area (Å²) < 4.78 is 10.9. The summed E-state index contributed by atoms with van der Waals surface area (Å²) in [5.74, 6) is 1.46. The number of allylic oxidation sites excluding steroid dienone is 1. The summed E-state index contributed by atoms with van der Waals surface area (Å²) >= 11 is 1.51. The van der Waals surface area contributed by atoms with Gasteiger partial charge in [0.1, 0.15) is 0 Å². The number of hydrogen-bond donors (Lipinski definition) is 0. The molecule has 2 aromatic rings. The third-order valence-electron chi connectivity index (χ3n) is 3.36. The van der Waals surface area contributed by atoms with Crippen molar-refractivity contribution in [1.82, 2.24) is 0 Å². The fourth-order valence-electron chi connectivity index (χ4n) is 2.34. The van der Waals surface area contributed by atoms with Crippen LogP contribution in [0, 0.1) is 0 Å². The summed E-state index contributed by atoms with van der Waals surface area (Å²) in [6.07, 6.45) is 1.89. The van der Waals surface area contributed by atoms with Crippen LogP contribution >= 0.6 is 11.8 Å². The average molecular weight is 312 g/mol. The van der Waals surface area contributed by atoms with Gasteiger partial charge in [0.15, 0.2) is 11.5 Å². The predicted octanol–water partition coefficient (Wildman–Crippen LogP) is 4.42. The van der Waals surface area contributed by atoms with E-state index in [2.05, 4.69) is 0 Å². The molecular weight excluding hydrogens is 296 g/mol. The molecule has 0 bridgehead atoms. The minimum absolute atomic E-state index is 0.0773. The normalized spacial score (nSPS) is 15.0. The Morgan fingerprint density at radius 3 is 2.68 bits per heavy atom. The van der Waals surface area contributed by atoms with Crippen LogP contribution in [0.1, 0.15) is 22.8 Å². The van der Waals surface area contributed by atoms with Crippen LogP contribution in [0.4, 0.5) is 0 Å². The zero-order valence-electron chi connectivity index (χ0n) is 12.5. The fourth-order valence-corrected chi connectivity index (χ4v) is 3.39. The number of thioether (sulfide) groups is 1. The number of Topliss-reactive ketones (excluding diaryl/α,β-unsaturated/α-hetero) is 1. The first-order valence-electron chi connectivity index (χ1n) is 7.07. The van der Waals surface area contributed by atoms with Crippen LogP contribution in [-0.2, 0) is 0 Å². The Morgan fingerprint density at radius 1 is 1.14 bits per heavy atom. The summed E-state index contributed by atoms with van der Waals surface area (Å²) in [6.45, 7) is 2.51. The van der Waals surface area contributed by atoms with Gasteiger partial charge in [0.25, 0.3) is 0 Å². The van der Waals surface area contributed by atoms with Gasteiger partial charge >= 0.3 is 0 Å². The maximum absolute atomic E-state index is 12.4. The lowest BCUT2D eigenvalue weighted by Crippen LogP contribution is -1.96. The number of ketones is 1. The molecule has 4 heteroatoms. The third-order valence-corrected chi connectivity index (χ3v) is 4.46. The van der Waals surface area contributed by atoms with E-state index in [9.17, 15) is 4.79 Å². The Morgan fingerprint density at radius 2 is 1.95 bits per heavy atom. The van der Waals surface area contributed by atoms with Crippen LogP contribution < -0.4 is 9.47 Å². The van der Waals surface area contributed by atoms with Crippen molar-refractivity contribution in [3.05, 3.63) is 58.5 Å². The zero-order chi connectivity index (χ0) is 15.5. The summed E-state index contributed by atoms with van der Waals surface area (Å²) in [7, 11) is 1.61. The topological polar surface area (TPSA) is 35.5 Å². The lowest BCUT2D eigenvalue weighted by atomic mass is 10.1. The first kappa shape index (κ1) is 14.7. The van der Waals surface area contributed by atoms with Crippen molar-refractivity contribution in [3.63, 3.8) is 0 Å². The summed E-state index contributed by atoms with van der Waals surface area (Å²) in [5, 5.41) is 0. The highest BCUT2D eigenvalue weighted by molar-refractivity contribution is 8.04. The summed E-state index contributed by atoms with van der Waals surface area (Å²) in [6, 6.07) is 13.3. The van der Waals surface area contributed by atoms with Crippen LogP contribution in [0.2, 0.25) is 0 Å². The van der Waals surface area contributed by atoms with Crippen LogP contribution in [-0.4, -0.2) is 19.5 Å². The van der Waals surface area contributed by atoms with E-state index in [1.54, 1.807) is 7.11 Å². The smallest absolute Gasteiger partial charge is 0.200 e. The number of carbonyl (C=O) groups is 1. The minimum atomic E-state index is 0.0773. The molecule has 0 N–H and O–H groups in total. The predicted molar refractivity (Wildman–Crippen MR) is 88.8 cm³/mol. The van der Waals surface area contributed by atoms with Crippen LogP contribution in [0.5, 0.6) is 11.5 Å². The van der Waals surface area contributed by atoms with Crippen molar-refractivity contribution >= 4 is 23.6 Å². The molecule has 3 nitrogen and oxygen atoms in total. The molecule has 0 atom stereocenters. The van der Waals surface area contributed by atoms with E-state index in [-0.39, 0.29) is 5.78 Å². The van der Waals surface area contributed by atoms with Crippen LogP contribution in [0.15, 0.2) is 52.3 Å². The third kappa shape index (κ3) is 2.74. The second kappa shape index (κ2) is 6.28. The number of ether oxygens (including phenoxy) is 2. The van der Waals surface area contributed by atoms with Crippen LogP contribution in [0.3, 0.4) is 0 Å². The van der Waals surface area contributed by atoms with Crippen molar-refractivity contribution in [2.75, 3.05) is 13.7 Å². The molecule has 0 radical (unpaired) electrons. The van der Waals surface area contributed by atoms with E-state index in [0.717, 1.165) is 20.9 Å². The van der Waals surface area contributed by atoms with Gasteiger partial charge in [-0.15, -0.1) is 0 Å². The molecule has 0 spiro atoms. The van der Waals surface area contributed by atoms with Gasteiger partial charge in [-0.05, 0) is 42.8 Å². The van der Waals surface area contributed by atoms with Gasteiger partial charge < -0.3 is 9.47 Å². The van der Waals surface area contributed by atoms with Gasteiger partial charge in [-0.1, -0.05) is 30.0 Å². The molecule has 2 aromatic carbocycles. The van der Waals surface area contributed by atoms with E-state index in [0.29, 0.717) is 18.1 Å². The quantitative estimate of drug-likeness (QED) is 0.783. The monoisotopic (exact) mass is 312 g/mol. The molecule has 0 unspecified atom stereocenters. The molecule has 112 valence electrons. The first-order valence-corrected chi connectivity index (χ1v) is 7.88. The Hall–Kier alpha value is -2.20. The van der Waals surface area contributed by atoms with E-state index in [1.807, 2.05) is 55.5 Å². The Labute approximate surface area is 133 Å². The van der Waals surface area contributed by atoms with Crippen molar-refractivity contribution < 1.29 is 14.3 Å². The van der Waals surface area contributed by atoms with Gasteiger partial charge in [0, 0.05) is 10.5 Å². The number of benzene rings is 2. The number of fused-ring (bicyclic) bond motifs is 1. The highest BCUT2D eigenvalue weighted by Crippen LogP contribution is 2.41. The molecule has 22 heavy (non-hydrogen) atoms. The largest absolute Gasteiger partial charge is 0.493 e. The van der Waals surface area contributed by atoms with E-state index in [1.165, 1.54) is 11.8 Å². The van der Waals surface area contributed by atoms with Gasteiger partial charge in [0.05, 0.1) is 18.6 Å². The second-order valence-corrected chi connectivity index (χ2v) is 5.86. The maximum atomic E-state index is 12.4. The van der Waals surface area contributed by atoms with Gasteiger partial charge in [-0.3, -0.25) is 4.79 Å². The number of carbonyl (C=O) groups excluding carboxylic acids is 1. The minimum Gasteiger partial charge on any atom is -0.493 e. The molecule has 0 saturated heterocycles. The first-order chi connectivity index (χ1) is 10.7. The highest BCUT2D eigenvalue weighted by Gasteiger charge is 2.25. The van der Waals surface area contributed by atoms with Crippen molar-refractivity contribution in [3.8, 4) is 11.5 Å². The molecular formula is C18H16O3S. The SMILES string of the molecule is CCOc1ccc(C=C2Sc3ccccc3C2=O)cc1OC. The maximum Gasteiger partial charge on any atom is 0.200 e. The number of rotatable bonds is 4. The molecule has 0 amide bonds.